The molecule has 2 aliphatic carbocycles. The van der Waals surface area contributed by atoms with Crippen molar-refractivity contribution < 1.29 is 0 Å². The lowest BCUT2D eigenvalue weighted by Crippen LogP contribution is -1.88. The lowest BCUT2D eigenvalue weighted by Gasteiger charge is -2.16. The van der Waals surface area contributed by atoms with Gasteiger partial charge in [0.1, 0.15) is 0 Å². The van der Waals surface area contributed by atoms with Crippen LogP contribution in [0.4, 0.5) is 0 Å². The number of fused-ring (bicyclic) bond motifs is 8. The maximum absolute atomic E-state index is 2.36. The van der Waals surface area contributed by atoms with E-state index in [4.69, 9.17) is 0 Å². The molecule has 0 fully saturated rings. The fourth-order valence-corrected chi connectivity index (χ4v) is 6.69. The molecule has 0 heteroatoms. The molecule has 32 heavy (non-hydrogen) atoms. The van der Waals surface area contributed by atoms with Gasteiger partial charge in [-0.2, -0.15) is 0 Å². The first kappa shape index (κ1) is 15.6. The molecular weight excluding hydrogens is 384 g/mol. The minimum atomic E-state index is 1.36. The van der Waals surface area contributed by atoms with Crippen LogP contribution in [0.2, 0.25) is 0 Å². The van der Waals surface area contributed by atoms with Gasteiger partial charge >= 0.3 is 0 Å². The van der Waals surface area contributed by atoms with E-state index in [1.165, 1.54) is 87.6 Å². The second kappa shape index (κ2) is 5.00. The first-order valence-electron chi connectivity index (χ1n) is 11.3. The highest BCUT2D eigenvalue weighted by molar-refractivity contribution is 6.39. The van der Waals surface area contributed by atoms with Crippen molar-refractivity contribution in [3.8, 4) is 44.5 Å². The van der Waals surface area contributed by atoms with Crippen LogP contribution in [0.3, 0.4) is 0 Å². The molecule has 0 spiro atoms. The lowest BCUT2D eigenvalue weighted by molar-refractivity contribution is 1.70. The van der Waals surface area contributed by atoms with Crippen LogP contribution < -0.4 is 0 Å². The van der Waals surface area contributed by atoms with Crippen molar-refractivity contribution in [1.82, 2.24) is 0 Å². The molecule has 9 rings (SSSR count). The monoisotopic (exact) mass is 400 g/mol. The van der Waals surface area contributed by atoms with Crippen molar-refractivity contribution in [2.75, 3.05) is 0 Å². The summed E-state index contributed by atoms with van der Waals surface area (Å²) >= 11 is 0. The molecule has 144 valence electrons. The van der Waals surface area contributed by atoms with Crippen molar-refractivity contribution in [1.29, 1.82) is 0 Å². The summed E-state index contributed by atoms with van der Waals surface area (Å²) in [5, 5.41) is 11.2. The van der Waals surface area contributed by atoms with Gasteiger partial charge in [0.15, 0.2) is 0 Å². The van der Waals surface area contributed by atoms with Crippen molar-refractivity contribution in [3.05, 3.63) is 97.1 Å². The standard InChI is InChI=1S/C32H16/c1-2-6-18-17(5-1)21-9-13-25-27-15-11-23-19-7-3-4-8-20(19)24-12-16-28(32(27)30(23)24)26-14-10-22(18)29(21)31(25)26/h1-16H. The highest BCUT2D eigenvalue weighted by Gasteiger charge is 2.27. The second-order valence-electron chi connectivity index (χ2n) is 9.23. The van der Waals surface area contributed by atoms with E-state index in [9.17, 15) is 0 Å². The summed E-state index contributed by atoms with van der Waals surface area (Å²) in [7, 11) is 0. The molecule has 0 saturated heterocycles. The summed E-state index contributed by atoms with van der Waals surface area (Å²) < 4.78 is 0. The Morgan fingerprint density at radius 2 is 0.500 bits per heavy atom. The van der Waals surface area contributed by atoms with E-state index in [1.54, 1.807) is 0 Å². The predicted molar refractivity (Wildman–Crippen MR) is 137 cm³/mol. The highest BCUT2D eigenvalue weighted by Crippen LogP contribution is 2.55. The zero-order chi connectivity index (χ0) is 20.6. The predicted octanol–water partition coefficient (Wildman–Crippen LogP) is 9.03. The molecule has 0 heterocycles. The smallest absolute Gasteiger partial charge is 0.00139 e. The summed E-state index contributed by atoms with van der Waals surface area (Å²) in [5.41, 5.74) is 11.0. The van der Waals surface area contributed by atoms with Gasteiger partial charge in [-0.3, -0.25) is 0 Å². The molecule has 0 amide bonds. The molecular formula is C32H16. The Labute approximate surface area is 184 Å². The second-order valence-corrected chi connectivity index (χ2v) is 9.23. The van der Waals surface area contributed by atoms with Crippen LogP contribution in [0, 0.1) is 0 Å². The van der Waals surface area contributed by atoms with Crippen LogP contribution >= 0.6 is 0 Å². The minimum absolute atomic E-state index is 1.36. The van der Waals surface area contributed by atoms with Gasteiger partial charge in [-0.1, -0.05) is 97.1 Å². The Balaban J connectivity index is 1.56. The Kier molecular flexibility index (Phi) is 2.44. The van der Waals surface area contributed by atoms with Crippen LogP contribution in [-0.4, -0.2) is 0 Å². The first-order valence-corrected chi connectivity index (χ1v) is 11.3. The quantitative estimate of drug-likeness (QED) is 0.176. The Morgan fingerprint density at radius 3 is 0.781 bits per heavy atom. The van der Waals surface area contributed by atoms with E-state index < -0.39 is 0 Å². The molecule has 0 atom stereocenters. The largest absolute Gasteiger partial charge is 0.0616 e. The minimum Gasteiger partial charge on any atom is -0.0616 e. The summed E-state index contributed by atoms with van der Waals surface area (Å²) in [6.45, 7) is 0. The average Bonchev–Trinajstić information content (AvgIpc) is 3.36. The maximum Gasteiger partial charge on any atom is -0.00139 e. The van der Waals surface area contributed by atoms with Crippen LogP contribution in [0.25, 0.3) is 87.6 Å². The van der Waals surface area contributed by atoms with E-state index >= 15 is 0 Å². The zero-order valence-corrected chi connectivity index (χ0v) is 17.2. The van der Waals surface area contributed by atoms with Gasteiger partial charge in [-0.25, -0.2) is 0 Å². The molecule has 0 nitrogen and oxygen atoms in total. The average molecular weight is 400 g/mol. The van der Waals surface area contributed by atoms with E-state index in [-0.39, 0.29) is 0 Å². The molecule has 0 aliphatic heterocycles. The fraction of sp³-hybridized carbons (Fsp3) is 0. The Hall–Kier alpha value is -4.16. The van der Waals surface area contributed by atoms with Crippen molar-refractivity contribution in [2.45, 2.75) is 0 Å². The topological polar surface area (TPSA) is 0 Å². The van der Waals surface area contributed by atoms with E-state index in [1.807, 2.05) is 0 Å². The third kappa shape index (κ3) is 1.54. The number of hydrogen-bond acceptors (Lipinski definition) is 0. The molecule has 0 saturated carbocycles. The summed E-state index contributed by atoms with van der Waals surface area (Å²) in [4.78, 5) is 0. The van der Waals surface area contributed by atoms with Gasteiger partial charge in [0.25, 0.3) is 0 Å². The van der Waals surface area contributed by atoms with Gasteiger partial charge in [-0.15, -0.1) is 0 Å². The van der Waals surface area contributed by atoms with Gasteiger partial charge < -0.3 is 0 Å². The lowest BCUT2D eigenvalue weighted by atomic mass is 9.86. The zero-order valence-electron chi connectivity index (χ0n) is 17.2. The molecule has 7 aromatic rings. The third-order valence-electron chi connectivity index (χ3n) is 7.92. The van der Waals surface area contributed by atoms with Crippen LogP contribution in [0.1, 0.15) is 0 Å². The van der Waals surface area contributed by atoms with Crippen LogP contribution in [-0.2, 0) is 0 Å². The molecule has 0 radical (unpaired) electrons. The number of hydrogen-bond donors (Lipinski definition) is 0. The normalized spacial score (nSPS) is 13.0. The summed E-state index contributed by atoms with van der Waals surface area (Å²) in [6.07, 6.45) is 0. The number of benzene rings is 7. The Bertz CT molecular complexity index is 1690. The van der Waals surface area contributed by atoms with Crippen LogP contribution in [0.5, 0.6) is 0 Å². The van der Waals surface area contributed by atoms with E-state index in [2.05, 4.69) is 97.1 Å². The van der Waals surface area contributed by atoms with E-state index in [0.29, 0.717) is 0 Å². The first-order chi connectivity index (χ1) is 15.9. The molecule has 0 bridgehead atoms. The maximum atomic E-state index is 2.36. The van der Waals surface area contributed by atoms with Gasteiger partial charge in [-0.05, 0) is 87.6 Å². The summed E-state index contributed by atoms with van der Waals surface area (Å²) in [6, 6.07) is 36.5. The van der Waals surface area contributed by atoms with Crippen molar-refractivity contribution in [2.24, 2.45) is 0 Å². The van der Waals surface area contributed by atoms with E-state index in [0.717, 1.165) is 0 Å². The van der Waals surface area contributed by atoms with Gasteiger partial charge in [0.2, 0.25) is 0 Å². The highest BCUT2D eigenvalue weighted by atomic mass is 14.3. The SMILES string of the molecule is c1ccc2c(c1)-c1ccc3c4ccc5c6c(ccc(c7ccc-2c1c37)c64)-c1ccccc1-5. The van der Waals surface area contributed by atoms with Crippen LogP contribution in [0.15, 0.2) is 97.1 Å². The van der Waals surface area contributed by atoms with Crippen molar-refractivity contribution in [3.63, 3.8) is 0 Å². The number of rotatable bonds is 0. The summed E-state index contributed by atoms with van der Waals surface area (Å²) in [5.74, 6) is 0. The van der Waals surface area contributed by atoms with Gasteiger partial charge in [0, 0.05) is 0 Å². The fourth-order valence-electron chi connectivity index (χ4n) is 6.69. The molecule has 0 aromatic heterocycles. The van der Waals surface area contributed by atoms with Crippen molar-refractivity contribution >= 4 is 43.1 Å². The third-order valence-corrected chi connectivity index (χ3v) is 7.92. The molecule has 2 aliphatic rings. The Morgan fingerprint density at radius 1 is 0.219 bits per heavy atom. The molecule has 0 N–H and O–H groups in total. The molecule has 7 aromatic carbocycles. The van der Waals surface area contributed by atoms with Gasteiger partial charge in [0.05, 0.1) is 0 Å². The molecule has 0 unspecified atom stereocenters.